The summed E-state index contributed by atoms with van der Waals surface area (Å²) in [6.45, 7) is 4.40. The van der Waals surface area contributed by atoms with Gasteiger partial charge in [0.2, 0.25) is 0 Å². The molecule has 1 aromatic heterocycles. The average Bonchev–Trinajstić information content (AvgIpc) is 2.60. The summed E-state index contributed by atoms with van der Waals surface area (Å²) < 4.78 is 6.65. The summed E-state index contributed by atoms with van der Waals surface area (Å²) in [4.78, 5) is 41.3. The van der Waals surface area contributed by atoms with E-state index in [0.717, 1.165) is 4.57 Å². The molecule has 1 saturated heterocycles. The third-order valence-corrected chi connectivity index (χ3v) is 4.36. The Hall–Kier alpha value is -2.45. The summed E-state index contributed by atoms with van der Waals surface area (Å²) in [5.74, 6) is -0.226. The minimum absolute atomic E-state index is 0.157. The van der Waals surface area contributed by atoms with Crippen molar-refractivity contribution >= 4 is 16.8 Å². The summed E-state index contributed by atoms with van der Waals surface area (Å²) in [7, 11) is 0. The molecule has 2 aromatic rings. The van der Waals surface area contributed by atoms with Gasteiger partial charge in [-0.25, -0.2) is 4.79 Å². The van der Waals surface area contributed by atoms with E-state index < -0.39 is 11.8 Å². The summed E-state index contributed by atoms with van der Waals surface area (Å²) in [5, 5.41) is 9.65. The number of morpholine rings is 1. The molecular weight excluding hydrogens is 326 g/mol. The number of ether oxygens (including phenoxy) is 1. The van der Waals surface area contributed by atoms with Crippen molar-refractivity contribution in [3.63, 3.8) is 0 Å². The Morgan fingerprint density at radius 1 is 1.36 bits per heavy atom. The van der Waals surface area contributed by atoms with Crippen LogP contribution in [0.4, 0.5) is 0 Å². The van der Waals surface area contributed by atoms with Gasteiger partial charge in [-0.2, -0.15) is 0 Å². The van der Waals surface area contributed by atoms with Gasteiger partial charge in [-0.3, -0.25) is 14.2 Å². The number of aromatic amines is 1. The predicted octanol–water partition coefficient (Wildman–Crippen LogP) is -0.0685. The number of carbonyl (C=O) groups excluding carboxylic acids is 1. The van der Waals surface area contributed by atoms with E-state index in [4.69, 9.17) is 4.74 Å². The second-order valence-corrected chi connectivity index (χ2v) is 6.20. The normalized spacial score (nSPS) is 20.8. The number of fused-ring (bicyclic) bond motifs is 1. The zero-order chi connectivity index (χ0) is 18.1. The molecular formula is C17H21N3O5. The summed E-state index contributed by atoms with van der Waals surface area (Å²) >= 11 is 0. The number of hydrogen-bond donors (Lipinski definition) is 2. The first-order valence-corrected chi connectivity index (χ1v) is 8.27. The number of H-pyrrole nitrogens is 1. The van der Waals surface area contributed by atoms with Gasteiger partial charge < -0.3 is 19.7 Å². The van der Waals surface area contributed by atoms with Crippen LogP contribution in [0.15, 0.2) is 27.8 Å². The van der Waals surface area contributed by atoms with Crippen LogP contribution in [-0.2, 0) is 11.3 Å². The maximum atomic E-state index is 12.8. The van der Waals surface area contributed by atoms with Crippen LogP contribution in [0, 0.1) is 0 Å². The molecule has 1 aliphatic rings. The van der Waals surface area contributed by atoms with Gasteiger partial charge >= 0.3 is 5.69 Å². The van der Waals surface area contributed by atoms with Crippen molar-refractivity contribution in [1.82, 2.24) is 14.5 Å². The van der Waals surface area contributed by atoms with Crippen LogP contribution < -0.4 is 11.2 Å². The van der Waals surface area contributed by atoms with Gasteiger partial charge in [-0.05, 0) is 32.0 Å². The van der Waals surface area contributed by atoms with Crippen molar-refractivity contribution in [2.75, 3.05) is 19.7 Å². The Bertz CT molecular complexity index is 917. The highest BCUT2D eigenvalue weighted by atomic mass is 16.5. The van der Waals surface area contributed by atoms with Crippen LogP contribution in [0.3, 0.4) is 0 Å². The fourth-order valence-electron chi connectivity index (χ4n) is 3.17. The van der Waals surface area contributed by atoms with Gasteiger partial charge in [0.15, 0.2) is 0 Å². The first kappa shape index (κ1) is 17.4. The quantitative estimate of drug-likeness (QED) is 0.809. The number of nitrogens with zero attached hydrogens (tertiary/aromatic N) is 2. The number of aromatic nitrogens is 2. The van der Waals surface area contributed by atoms with Crippen molar-refractivity contribution < 1.29 is 14.6 Å². The molecule has 8 heteroatoms. The molecule has 134 valence electrons. The van der Waals surface area contributed by atoms with E-state index in [2.05, 4.69) is 4.98 Å². The maximum absolute atomic E-state index is 12.8. The third kappa shape index (κ3) is 3.22. The molecule has 2 heterocycles. The summed E-state index contributed by atoms with van der Waals surface area (Å²) in [6, 6.07) is 4.66. The monoisotopic (exact) mass is 347 g/mol. The largest absolute Gasteiger partial charge is 0.394 e. The van der Waals surface area contributed by atoms with Gasteiger partial charge in [0.1, 0.15) is 0 Å². The van der Waals surface area contributed by atoms with Crippen LogP contribution >= 0.6 is 0 Å². The Kier molecular flexibility index (Phi) is 4.73. The van der Waals surface area contributed by atoms with Gasteiger partial charge in [0, 0.05) is 25.2 Å². The first-order valence-electron chi connectivity index (χ1n) is 8.27. The molecule has 8 nitrogen and oxygen atoms in total. The minimum atomic E-state index is -0.495. The van der Waals surface area contributed by atoms with Gasteiger partial charge in [-0.15, -0.1) is 0 Å². The van der Waals surface area contributed by atoms with E-state index >= 15 is 0 Å². The van der Waals surface area contributed by atoms with E-state index in [9.17, 15) is 19.5 Å². The maximum Gasteiger partial charge on any atom is 0.328 e. The van der Waals surface area contributed by atoms with E-state index in [-0.39, 0.29) is 30.7 Å². The van der Waals surface area contributed by atoms with E-state index in [0.29, 0.717) is 29.6 Å². The number of benzene rings is 1. The van der Waals surface area contributed by atoms with Crippen molar-refractivity contribution in [2.24, 2.45) is 0 Å². The van der Waals surface area contributed by atoms with Crippen LogP contribution in [0.2, 0.25) is 0 Å². The highest BCUT2D eigenvalue weighted by molar-refractivity contribution is 5.97. The average molecular weight is 347 g/mol. The molecule has 1 aromatic carbocycles. The Labute approximate surface area is 143 Å². The molecule has 1 fully saturated rings. The van der Waals surface area contributed by atoms with Crippen LogP contribution in [0.25, 0.3) is 10.9 Å². The summed E-state index contributed by atoms with van der Waals surface area (Å²) in [5.41, 5.74) is -0.154. The molecule has 2 unspecified atom stereocenters. The van der Waals surface area contributed by atoms with Crippen molar-refractivity contribution in [2.45, 2.75) is 32.6 Å². The molecule has 0 bridgehead atoms. The second-order valence-electron chi connectivity index (χ2n) is 6.20. The van der Waals surface area contributed by atoms with Gasteiger partial charge in [0.05, 0.1) is 29.7 Å². The van der Waals surface area contributed by atoms with Crippen LogP contribution in [0.1, 0.15) is 24.2 Å². The van der Waals surface area contributed by atoms with E-state index in [1.54, 1.807) is 24.0 Å². The zero-order valence-corrected chi connectivity index (χ0v) is 14.2. The number of carbonyl (C=O) groups is 1. The molecule has 1 aliphatic heterocycles. The fraction of sp³-hybridized carbons (Fsp3) is 0.471. The molecule has 2 atom stereocenters. The lowest BCUT2D eigenvalue weighted by atomic mass is 10.1. The number of aliphatic hydroxyl groups is 1. The van der Waals surface area contributed by atoms with Crippen molar-refractivity contribution in [3.8, 4) is 0 Å². The lowest BCUT2D eigenvalue weighted by molar-refractivity contribution is -0.0858. The number of rotatable bonds is 3. The Morgan fingerprint density at radius 3 is 2.80 bits per heavy atom. The molecule has 0 saturated carbocycles. The molecule has 2 N–H and O–H groups in total. The second kappa shape index (κ2) is 6.81. The number of nitrogens with one attached hydrogen (secondary N) is 1. The van der Waals surface area contributed by atoms with Crippen LogP contribution in [-0.4, -0.2) is 57.4 Å². The highest BCUT2D eigenvalue weighted by Gasteiger charge is 2.28. The smallest absolute Gasteiger partial charge is 0.328 e. The SMILES string of the molecule is CCn1c(=O)[nH]c2cc(C(=O)N3CC(C)OC(CO)C3)ccc2c1=O. The van der Waals surface area contributed by atoms with E-state index in [1.807, 2.05) is 6.92 Å². The number of amides is 1. The molecule has 3 rings (SSSR count). The third-order valence-electron chi connectivity index (χ3n) is 4.36. The first-order chi connectivity index (χ1) is 11.9. The molecule has 0 spiro atoms. The lowest BCUT2D eigenvalue weighted by Gasteiger charge is -2.36. The van der Waals surface area contributed by atoms with E-state index in [1.165, 1.54) is 6.07 Å². The molecule has 25 heavy (non-hydrogen) atoms. The van der Waals surface area contributed by atoms with Gasteiger partial charge in [0.25, 0.3) is 11.5 Å². The molecule has 1 amide bonds. The summed E-state index contributed by atoms with van der Waals surface area (Å²) in [6.07, 6.45) is -0.586. The lowest BCUT2D eigenvalue weighted by Crippen LogP contribution is -2.50. The molecule has 0 aliphatic carbocycles. The Balaban J connectivity index is 1.97. The van der Waals surface area contributed by atoms with Crippen LogP contribution in [0.5, 0.6) is 0 Å². The molecule has 0 radical (unpaired) electrons. The van der Waals surface area contributed by atoms with Gasteiger partial charge in [-0.1, -0.05) is 0 Å². The number of hydrogen-bond acceptors (Lipinski definition) is 5. The zero-order valence-electron chi connectivity index (χ0n) is 14.2. The Morgan fingerprint density at radius 2 is 2.12 bits per heavy atom. The van der Waals surface area contributed by atoms with Crippen molar-refractivity contribution in [1.29, 1.82) is 0 Å². The predicted molar refractivity (Wildman–Crippen MR) is 91.8 cm³/mol. The van der Waals surface area contributed by atoms with Crippen molar-refractivity contribution in [3.05, 3.63) is 44.6 Å². The fourth-order valence-corrected chi connectivity index (χ4v) is 3.17. The topological polar surface area (TPSA) is 105 Å². The minimum Gasteiger partial charge on any atom is -0.394 e. The standard InChI is InChI=1S/C17H21N3O5/c1-3-20-16(23)13-5-4-11(6-14(13)18-17(20)24)15(22)19-7-10(2)25-12(8-19)9-21/h4-6,10,12,21H,3,7-9H2,1-2H3,(H,18,24). The highest BCUT2D eigenvalue weighted by Crippen LogP contribution is 2.16. The number of aliphatic hydroxyl groups excluding tert-OH is 1.